The summed E-state index contributed by atoms with van der Waals surface area (Å²) in [5.41, 5.74) is 2.77. The van der Waals surface area contributed by atoms with Gasteiger partial charge < -0.3 is 10.1 Å². The summed E-state index contributed by atoms with van der Waals surface area (Å²) in [6.07, 6.45) is 5.31. The van der Waals surface area contributed by atoms with E-state index in [1.54, 1.807) is 35.6 Å². The minimum atomic E-state index is -0.224. The Morgan fingerprint density at radius 2 is 2.24 bits per heavy atom. The molecule has 126 valence electrons. The molecule has 3 heterocycles. The van der Waals surface area contributed by atoms with Gasteiger partial charge in [0.1, 0.15) is 5.75 Å². The third-order valence-corrected chi connectivity index (χ3v) is 4.85. The summed E-state index contributed by atoms with van der Waals surface area (Å²) < 4.78 is 7.29. The minimum absolute atomic E-state index is 0.00323. The van der Waals surface area contributed by atoms with Crippen LogP contribution < -0.4 is 10.1 Å². The maximum Gasteiger partial charge on any atom is 0.262 e. The minimum Gasteiger partial charge on any atom is -0.482 e. The number of nitrogens with one attached hydrogen (secondary N) is 1. The van der Waals surface area contributed by atoms with E-state index in [0.717, 1.165) is 21.2 Å². The number of benzene rings is 1. The van der Waals surface area contributed by atoms with E-state index in [4.69, 9.17) is 4.74 Å². The molecule has 1 amide bonds. The van der Waals surface area contributed by atoms with E-state index < -0.39 is 0 Å². The fourth-order valence-electron chi connectivity index (χ4n) is 2.77. The monoisotopic (exact) mass is 353 g/mol. The number of ketones is 1. The van der Waals surface area contributed by atoms with Crippen molar-refractivity contribution in [2.24, 2.45) is 0 Å². The number of amides is 1. The Morgan fingerprint density at radius 1 is 1.40 bits per heavy atom. The molecule has 2 aromatic heterocycles. The summed E-state index contributed by atoms with van der Waals surface area (Å²) in [5.74, 6) is 0.198. The number of thiazole rings is 1. The highest BCUT2D eigenvalue weighted by Crippen LogP contribution is 2.29. The highest BCUT2D eigenvalue weighted by Gasteiger charge is 2.17. The first kappa shape index (κ1) is 15.6. The van der Waals surface area contributed by atoms with Gasteiger partial charge in [-0.25, -0.2) is 4.98 Å². The summed E-state index contributed by atoms with van der Waals surface area (Å²) in [5, 5.41) is 2.71. The summed E-state index contributed by atoms with van der Waals surface area (Å²) in [4.78, 5) is 30.5. The van der Waals surface area contributed by atoms with Crippen molar-refractivity contribution >= 4 is 39.8 Å². The van der Waals surface area contributed by atoms with Crippen LogP contribution in [0.2, 0.25) is 0 Å². The van der Waals surface area contributed by atoms with Crippen LogP contribution in [0.15, 0.2) is 30.5 Å². The van der Waals surface area contributed by atoms with Gasteiger partial charge in [-0.15, -0.1) is 11.3 Å². The highest BCUT2D eigenvalue weighted by molar-refractivity contribution is 7.17. The molecule has 0 bridgehead atoms. The Morgan fingerprint density at radius 3 is 3.08 bits per heavy atom. The zero-order valence-electron chi connectivity index (χ0n) is 13.7. The molecule has 0 spiro atoms. The lowest BCUT2D eigenvalue weighted by molar-refractivity contribution is -0.118. The molecule has 6 nitrogen and oxygen atoms in total. The van der Waals surface area contributed by atoms with Crippen molar-refractivity contribution < 1.29 is 14.3 Å². The molecule has 1 aliphatic heterocycles. The molecule has 3 aromatic rings. The zero-order chi connectivity index (χ0) is 17.6. The van der Waals surface area contributed by atoms with E-state index in [1.807, 2.05) is 24.4 Å². The number of anilines is 1. The van der Waals surface area contributed by atoms with Crippen molar-refractivity contribution in [1.82, 2.24) is 9.38 Å². The molecule has 0 aliphatic carbocycles. The molecule has 0 saturated carbocycles. The van der Waals surface area contributed by atoms with Crippen molar-refractivity contribution in [2.75, 3.05) is 11.9 Å². The molecule has 25 heavy (non-hydrogen) atoms. The van der Waals surface area contributed by atoms with Gasteiger partial charge in [-0.2, -0.15) is 0 Å². The van der Waals surface area contributed by atoms with Gasteiger partial charge in [-0.05, 0) is 44.2 Å². The van der Waals surface area contributed by atoms with Gasteiger partial charge >= 0.3 is 0 Å². The number of imidazole rings is 1. The Balaban J connectivity index is 1.63. The second-order valence-corrected chi connectivity index (χ2v) is 7.04. The molecular formula is C18H15N3O3S. The predicted octanol–water partition coefficient (Wildman–Crippen LogP) is 3.24. The number of hydrogen-bond donors (Lipinski definition) is 1. The van der Waals surface area contributed by atoms with Crippen LogP contribution in [0.5, 0.6) is 5.75 Å². The Kier molecular flexibility index (Phi) is 3.65. The van der Waals surface area contributed by atoms with Gasteiger partial charge in [0.15, 0.2) is 17.4 Å². The van der Waals surface area contributed by atoms with Crippen LogP contribution >= 0.6 is 11.3 Å². The average Bonchev–Trinajstić information content (AvgIpc) is 3.06. The number of ether oxygens (including phenoxy) is 1. The summed E-state index contributed by atoms with van der Waals surface area (Å²) >= 11 is 1.61. The molecule has 7 heteroatoms. The summed E-state index contributed by atoms with van der Waals surface area (Å²) in [7, 11) is 0. The lowest BCUT2D eigenvalue weighted by atomic mass is 10.1. The largest absolute Gasteiger partial charge is 0.482 e. The molecular weight excluding hydrogens is 338 g/mol. The second-order valence-electron chi connectivity index (χ2n) is 5.82. The van der Waals surface area contributed by atoms with Gasteiger partial charge in [-0.3, -0.25) is 14.0 Å². The predicted molar refractivity (Wildman–Crippen MR) is 96.5 cm³/mol. The SMILES string of the molecule is Cc1cn2c(C=CC(=O)c3ccc4c(c3)NC(=O)CO4)c(C)nc2s1. The van der Waals surface area contributed by atoms with E-state index >= 15 is 0 Å². The van der Waals surface area contributed by atoms with E-state index in [2.05, 4.69) is 10.3 Å². The van der Waals surface area contributed by atoms with Crippen molar-refractivity contribution in [2.45, 2.75) is 13.8 Å². The molecule has 0 radical (unpaired) electrons. The maximum absolute atomic E-state index is 12.5. The van der Waals surface area contributed by atoms with Crippen LogP contribution in [0.1, 0.15) is 26.6 Å². The Labute approximate surface area is 147 Å². The number of carbonyl (C=O) groups is 2. The average molecular weight is 353 g/mol. The number of rotatable bonds is 3. The molecule has 1 N–H and O–H groups in total. The first-order valence-electron chi connectivity index (χ1n) is 7.75. The van der Waals surface area contributed by atoms with Crippen LogP contribution in [0.3, 0.4) is 0 Å². The molecule has 1 aliphatic rings. The molecule has 0 fully saturated rings. The Bertz CT molecular complexity index is 1050. The number of carbonyl (C=O) groups excluding carboxylic acids is 2. The topological polar surface area (TPSA) is 72.7 Å². The summed E-state index contributed by atoms with van der Waals surface area (Å²) in [6, 6.07) is 5.02. The van der Waals surface area contributed by atoms with Crippen molar-refractivity contribution in [3.05, 3.63) is 52.3 Å². The first-order valence-corrected chi connectivity index (χ1v) is 8.57. The molecule has 0 atom stereocenters. The number of fused-ring (bicyclic) bond motifs is 2. The van der Waals surface area contributed by atoms with Gasteiger partial charge in [0.05, 0.1) is 17.1 Å². The fraction of sp³-hybridized carbons (Fsp3) is 0.167. The number of aryl methyl sites for hydroxylation is 2. The van der Waals surface area contributed by atoms with Crippen LogP contribution in [-0.4, -0.2) is 27.7 Å². The molecule has 1 aromatic carbocycles. The first-order chi connectivity index (χ1) is 12.0. The lowest BCUT2D eigenvalue weighted by Crippen LogP contribution is -2.25. The normalized spacial score (nSPS) is 13.8. The number of allylic oxidation sites excluding steroid dienone is 1. The van der Waals surface area contributed by atoms with Gasteiger partial charge in [0, 0.05) is 16.6 Å². The van der Waals surface area contributed by atoms with Crippen molar-refractivity contribution in [1.29, 1.82) is 0 Å². The third-order valence-electron chi connectivity index (χ3n) is 3.95. The van der Waals surface area contributed by atoms with Crippen molar-refractivity contribution in [3.8, 4) is 5.75 Å². The number of aromatic nitrogens is 2. The fourth-order valence-corrected chi connectivity index (χ4v) is 3.65. The van der Waals surface area contributed by atoms with Crippen LogP contribution in [0, 0.1) is 13.8 Å². The van der Waals surface area contributed by atoms with Crippen LogP contribution in [0.4, 0.5) is 5.69 Å². The van der Waals surface area contributed by atoms with E-state index in [0.29, 0.717) is 17.0 Å². The van der Waals surface area contributed by atoms with E-state index in [-0.39, 0.29) is 18.3 Å². The quantitative estimate of drug-likeness (QED) is 0.579. The smallest absolute Gasteiger partial charge is 0.262 e. The van der Waals surface area contributed by atoms with Crippen molar-refractivity contribution in [3.63, 3.8) is 0 Å². The maximum atomic E-state index is 12.5. The standard InChI is InChI=1S/C18H15N3O3S/c1-10-8-21-14(11(2)19-18(21)25-10)4-5-15(22)12-3-6-16-13(7-12)20-17(23)9-24-16/h3-8H,9H2,1-2H3,(H,20,23). The van der Waals surface area contributed by atoms with Gasteiger partial charge in [0.25, 0.3) is 5.91 Å². The zero-order valence-corrected chi connectivity index (χ0v) is 14.5. The highest BCUT2D eigenvalue weighted by atomic mass is 32.1. The van der Waals surface area contributed by atoms with Crippen LogP contribution in [-0.2, 0) is 4.79 Å². The van der Waals surface area contributed by atoms with Crippen LogP contribution in [0.25, 0.3) is 11.0 Å². The Hall–Kier alpha value is -2.93. The number of nitrogens with zero attached hydrogens (tertiary/aromatic N) is 2. The third kappa shape index (κ3) is 2.83. The molecule has 0 unspecified atom stereocenters. The molecule has 4 rings (SSSR count). The van der Waals surface area contributed by atoms with Gasteiger partial charge in [-0.1, -0.05) is 0 Å². The molecule has 0 saturated heterocycles. The lowest BCUT2D eigenvalue weighted by Gasteiger charge is -2.17. The number of hydrogen-bond acceptors (Lipinski definition) is 5. The van der Waals surface area contributed by atoms with E-state index in [1.165, 1.54) is 6.08 Å². The van der Waals surface area contributed by atoms with Gasteiger partial charge in [0.2, 0.25) is 0 Å². The second kappa shape index (κ2) is 5.86. The van der Waals surface area contributed by atoms with E-state index in [9.17, 15) is 9.59 Å². The summed E-state index contributed by atoms with van der Waals surface area (Å²) in [6.45, 7) is 3.94.